The first kappa shape index (κ1) is 31.9. The number of nitrogens with one attached hydrogen (secondary N) is 1. The lowest BCUT2D eigenvalue weighted by molar-refractivity contribution is -0.137. The van der Waals surface area contributed by atoms with Crippen molar-refractivity contribution in [3.8, 4) is 0 Å². The first-order valence-corrected chi connectivity index (χ1v) is 15.8. The molecule has 3 heterocycles. The van der Waals surface area contributed by atoms with Crippen LogP contribution in [0.5, 0.6) is 0 Å². The second-order valence-electron chi connectivity index (χ2n) is 12.6. The normalized spacial score (nSPS) is 19.3. The standard InChI is InChI=1S/C35H39F3N4O4/c36-35(37,38)29-10-6-27(7-11-29)23-41-20-16-34(17-21-41)25-42(33(44)46-34)24-28-8-12-30(13-9-28)39-32(43)45-31-14-18-40(19-15-31)22-26-4-2-1-3-5-26/h1-13,31H,14-25H2,(H,39,43). The Bertz CT molecular complexity index is 1470. The van der Waals surface area contributed by atoms with Crippen LogP contribution in [0.3, 0.4) is 0 Å². The van der Waals surface area contributed by atoms with E-state index in [2.05, 4.69) is 27.2 Å². The summed E-state index contributed by atoms with van der Waals surface area (Å²) in [5.41, 5.74) is 2.43. The second-order valence-corrected chi connectivity index (χ2v) is 12.6. The van der Waals surface area contributed by atoms with E-state index >= 15 is 0 Å². The van der Waals surface area contributed by atoms with Crippen LogP contribution >= 0.6 is 0 Å². The van der Waals surface area contributed by atoms with Gasteiger partial charge in [-0.05, 0) is 53.8 Å². The highest BCUT2D eigenvalue weighted by molar-refractivity contribution is 5.84. The predicted octanol–water partition coefficient (Wildman–Crippen LogP) is 6.91. The minimum Gasteiger partial charge on any atom is -0.446 e. The minimum absolute atomic E-state index is 0.114. The molecule has 1 spiro atoms. The average molecular weight is 637 g/mol. The first-order chi connectivity index (χ1) is 22.1. The molecule has 0 unspecified atom stereocenters. The van der Waals surface area contributed by atoms with E-state index in [1.54, 1.807) is 17.0 Å². The Morgan fingerprint density at radius 1 is 0.804 bits per heavy atom. The van der Waals surface area contributed by atoms with Gasteiger partial charge in [-0.1, -0.05) is 54.6 Å². The molecule has 3 aromatic rings. The fraction of sp³-hybridized carbons (Fsp3) is 0.429. The third kappa shape index (κ3) is 8.19. The van der Waals surface area contributed by atoms with E-state index < -0.39 is 23.4 Å². The Kier molecular flexibility index (Phi) is 9.51. The number of ether oxygens (including phenoxy) is 2. The van der Waals surface area contributed by atoms with Crippen molar-refractivity contribution in [1.82, 2.24) is 14.7 Å². The average Bonchev–Trinajstić information content (AvgIpc) is 3.34. The molecular formula is C35H39F3N4O4. The Balaban J connectivity index is 0.918. The number of hydrogen-bond acceptors (Lipinski definition) is 6. The van der Waals surface area contributed by atoms with Gasteiger partial charge < -0.3 is 9.47 Å². The Morgan fingerprint density at radius 3 is 2.00 bits per heavy atom. The van der Waals surface area contributed by atoms with E-state index in [1.807, 2.05) is 30.3 Å². The van der Waals surface area contributed by atoms with Gasteiger partial charge in [-0.25, -0.2) is 9.59 Å². The van der Waals surface area contributed by atoms with E-state index in [-0.39, 0.29) is 12.2 Å². The summed E-state index contributed by atoms with van der Waals surface area (Å²) in [6, 6.07) is 23.0. The maximum atomic E-state index is 12.9. The Morgan fingerprint density at radius 2 is 1.37 bits per heavy atom. The molecule has 46 heavy (non-hydrogen) atoms. The zero-order valence-corrected chi connectivity index (χ0v) is 25.7. The third-order valence-electron chi connectivity index (χ3n) is 9.13. The number of halogens is 3. The summed E-state index contributed by atoms with van der Waals surface area (Å²) in [6.45, 7) is 5.45. The molecular weight excluding hydrogens is 597 g/mol. The van der Waals surface area contributed by atoms with E-state index in [9.17, 15) is 22.8 Å². The van der Waals surface area contributed by atoms with Gasteiger partial charge in [0.2, 0.25) is 0 Å². The summed E-state index contributed by atoms with van der Waals surface area (Å²) in [5, 5.41) is 2.81. The van der Waals surface area contributed by atoms with Crippen LogP contribution in [0.1, 0.15) is 47.9 Å². The molecule has 0 atom stereocenters. The van der Waals surface area contributed by atoms with Crippen LogP contribution < -0.4 is 5.32 Å². The van der Waals surface area contributed by atoms with Crippen LogP contribution in [-0.4, -0.2) is 71.3 Å². The molecule has 0 bridgehead atoms. The number of alkyl halides is 3. The van der Waals surface area contributed by atoms with Crippen molar-refractivity contribution in [3.63, 3.8) is 0 Å². The lowest BCUT2D eigenvalue weighted by atomic mass is 9.91. The summed E-state index contributed by atoms with van der Waals surface area (Å²) in [7, 11) is 0. The fourth-order valence-corrected chi connectivity index (χ4v) is 6.49. The molecule has 0 aromatic heterocycles. The van der Waals surface area contributed by atoms with Crippen LogP contribution in [0.25, 0.3) is 0 Å². The molecule has 0 radical (unpaired) electrons. The summed E-state index contributed by atoms with van der Waals surface area (Å²) in [4.78, 5) is 31.6. The van der Waals surface area contributed by atoms with E-state index in [0.29, 0.717) is 51.3 Å². The summed E-state index contributed by atoms with van der Waals surface area (Å²) in [5.74, 6) is 0. The number of anilines is 1. The highest BCUT2D eigenvalue weighted by Gasteiger charge is 2.46. The quantitative estimate of drug-likeness (QED) is 0.290. The summed E-state index contributed by atoms with van der Waals surface area (Å²) >= 11 is 0. The molecule has 3 saturated heterocycles. The van der Waals surface area contributed by atoms with E-state index in [4.69, 9.17) is 9.47 Å². The number of piperidine rings is 2. The van der Waals surface area contributed by atoms with Crippen LogP contribution in [0, 0.1) is 0 Å². The van der Waals surface area contributed by atoms with Gasteiger partial charge in [0.1, 0.15) is 11.7 Å². The molecule has 8 nitrogen and oxygen atoms in total. The lowest BCUT2D eigenvalue weighted by Gasteiger charge is -2.37. The Labute approximate surface area is 267 Å². The van der Waals surface area contributed by atoms with Crippen molar-refractivity contribution in [2.75, 3.05) is 38.0 Å². The molecule has 6 rings (SSSR count). The van der Waals surface area contributed by atoms with Gasteiger partial charge in [-0.2, -0.15) is 13.2 Å². The molecule has 11 heteroatoms. The highest BCUT2D eigenvalue weighted by atomic mass is 19.4. The van der Waals surface area contributed by atoms with Crippen molar-refractivity contribution < 1.29 is 32.2 Å². The molecule has 1 N–H and O–H groups in total. The van der Waals surface area contributed by atoms with Crippen LogP contribution in [0.15, 0.2) is 78.9 Å². The molecule has 3 fully saturated rings. The number of carbonyl (C=O) groups excluding carboxylic acids is 2. The Hall–Kier alpha value is -4.09. The number of hydrogen-bond donors (Lipinski definition) is 1. The molecule has 3 aromatic carbocycles. The SMILES string of the molecule is O=C(Nc1ccc(CN2CC3(CCN(Cc4ccc(C(F)(F)F)cc4)CC3)OC2=O)cc1)OC1CCN(Cc2ccccc2)CC1. The summed E-state index contributed by atoms with van der Waals surface area (Å²) in [6.07, 6.45) is -2.37. The molecule has 3 aliphatic heterocycles. The topological polar surface area (TPSA) is 74.3 Å². The molecule has 2 amide bonds. The number of carbonyl (C=O) groups is 2. The fourth-order valence-electron chi connectivity index (χ4n) is 6.49. The zero-order valence-electron chi connectivity index (χ0n) is 25.7. The molecule has 244 valence electrons. The largest absolute Gasteiger partial charge is 0.446 e. The molecule has 0 saturated carbocycles. The van der Waals surface area contributed by atoms with Crippen molar-refractivity contribution in [1.29, 1.82) is 0 Å². The van der Waals surface area contributed by atoms with Gasteiger partial charge in [0.25, 0.3) is 0 Å². The van der Waals surface area contributed by atoms with Gasteiger partial charge >= 0.3 is 18.4 Å². The number of nitrogens with zero attached hydrogens (tertiary/aromatic N) is 3. The monoisotopic (exact) mass is 636 g/mol. The van der Waals surface area contributed by atoms with E-state index in [0.717, 1.165) is 55.7 Å². The van der Waals surface area contributed by atoms with Crippen molar-refractivity contribution in [2.24, 2.45) is 0 Å². The predicted molar refractivity (Wildman–Crippen MR) is 167 cm³/mol. The maximum absolute atomic E-state index is 12.9. The van der Waals surface area contributed by atoms with Gasteiger partial charge in [-0.15, -0.1) is 0 Å². The maximum Gasteiger partial charge on any atom is 0.416 e. The molecule has 3 aliphatic rings. The van der Waals surface area contributed by atoms with E-state index in [1.165, 1.54) is 17.7 Å². The van der Waals surface area contributed by atoms with Crippen LogP contribution in [0.2, 0.25) is 0 Å². The van der Waals surface area contributed by atoms with Crippen LogP contribution in [0.4, 0.5) is 28.4 Å². The third-order valence-corrected chi connectivity index (χ3v) is 9.13. The van der Waals surface area contributed by atoms with Crippen molar-refractivity contribution in [3.05, 3.63) is 101 Å². The van der Waals surface area contributed by atoms with Gasteiger partial charge in [0, 0.05) is 64.3 Å². The van der Waals surface area contributed by atoms with Gasteiger partial charge in [0.05, 0.1) is 12.1 Å². The highest BCUT2D eigenvalue weighted by Crippen LogP contribution is 2.35. The number of likely N-dealkylation sites (tertiary alicyclic amines) is 2. The van der Waals surface area contributed by atoms with Crippen molar-refractivity contribution in [2.45, 2.75) is 63.2 Å². The summed E-state index contributed by atoms with van der Waals surface area (Å²) < 4.78 is 50.1. The smallest absolute Gasteiger partial charge is 0.416 e. The van der Waals surface area contributed by atoms with Crippen LogP contribution in [-0.2, 0) is 35.3 Å². The number of amides is 2. The lowest BCUT2D eigenvalue weighted by Crippen LogP contribution is -2.46. The number of rotatable bonds is 8. The molecule has 0 aliphatic carbocycles. The minimum atomic E-state index is -4.34. The zero-order chi connectivity index (χ0) is 32.1. The first-order valence-electron chi connectivity index (χ1n) is 15.8. The van der Waals surface area contributed by atoms with Crippen molar-refractivity contribution >= 4 is 17.9 Å². The number of benzene rings is 3. The van der Waals surface area contributed by atoms with Gasteiger partial charge in [0.15, 0.2) is 0 Å². The van der Waals surface area contributed by atoms with Gasteiger partial charge in [-0.3, -0.25) is 20.0 Å². The second kappa shape index (κ2) is 13.7.